The zero-order valence-electron chi connectivity index (χ0n) is 19.3. The van der Waals surface area contributed by atoms with Crippen LogP contribution in [0.2, 0.25) is 0 Å². The molecule has 0 aromatic carbocycles. The van der Waals surface area contributed by atoms with E-state index in [1.54, 1.807) is 6.07 Å². The summed E-state index contributed by atoms with van der Waals surface area (Å²) in [5, 5.41) is 9.93. The minimum atomic E-state index is -4.86. The molecule has 8 nitrogen and oxygen atoms in total. The first-order chi connectivity index (χ1) is 17.5. The summed E-state index contributed by atoms with van der Waals surface area (Å²) in [6, 6.07) is 3.15. The second-order valence-electron chi connectivity index (χ2n) is 9.04. The molecule has 3 aromatic heterocycles. The summed E-state index contributed by atoms with van der Waals surface area (Å²) in [6.07, 6.45) is 2.13. The van der Waals surface area contributed by atoms with Gasteiger partial charge in [0, 0.05) is 30.3 Å². The first kappa shape index (κ1) is 25.2. The number of alkyl halides is 3. The normalized spacial score (nSPS) is 25.6. The monoisotopic (exact) mass is 532 g/mol. The van der Waals surface area contributed by atoms with E-state index in [0.717, 1.165) is 0 Å². The van der Waals surface area contributed by atoms with E-state index in [0.29, 0.717) is 34.1 Å². The summed E-state index contributed by atoms with van der Waals surface area (Å²) < 4.78 is 59.0. The molecule has 0 bridgehead atoms. The van der Waals surface area contributed by atoms with Crippen molar-refractivity contribution < 1.29 is 27.4 Å². The number of halogens is 4. The molecular weight excluding hydrogens is 512 g/mol. The summed E-state index contributed by atoms with van der Waals surface area (Å²) in [5.74, 6) is 0.916. The number of aliphatic hydroxyl groups is 1. The van der Waals surface area contributed by atoms with Crippen LogP contribution in [-0.2, 0) is 12.0 Å². The zero-order chi connectivity index (χ0) is 26.6. The number of aromatic nitrogens is 4. The molecule has 0 unspecified atom stereocenters. The summed E-state index contributed by atoms with van der Waals surface area (Å²) in [6.45, 7) is 1.55. The molecule has 1 saturated carbocycles. The maximum absolute atomic E-state index is 15.0. The number of nitrogens with zero attached hydrogens (tertiary/aromatic N) is 5. The second kappa shape index (κ2) is 8.81. The Morgan fingerprint density at radius 1 is 1.32 bits per heavy atom. The summed E-state index contributed by atoms with van der Waals surface area (Å²) >= 11 is 0.683. The van der Waals surface area contributed by atoms with Crippen LogP contribution in [0.1, 0.15) is 30.2 Å². The van der Waals surface area contributed by atoms with Crippen LogP contribution in [0.4, 0.5) is 17.6 Å². The minimum Gasteiger partial charge on any atom is -0.463 e. The standard InChI is InChI=1S/C24H20F4N6O2S/c1-3-6-36-17-11-31-18-14(33-17)4-5-30-15(18)8-12-7-13(19(25)32-10-12)22(2)16-9-23(16,37-21(29)34-22)20(35)24(26,27)28/h1,4-5,7,10-11,16,20,35H,6,8-9H2,2H3,(H2,29,34)/t16-,20+,22+,23-/m0/s1. The van der Waals surface area contributed by atoms with Gasteiger partial charge in [0.15, 0.2) is 17.9 Å². The molecule has 1 aliphatic carbocycles. The van der Waals surface area contributed by atoms with Crippen molar-refractivity contribution >= 4 is 28.0 Å². The van der Waals surface area contributed by atoms with Crippen LogP contribution in [0.3, 0.4) is 0 Å². The topological polar surface area (TPSA) is 119 Å². The van der Waals surface area contributed by atoms with Crippen LogP contribution in [0, 0.1) is 24.2 Å². The molecule has 13 heteroatoms. The molecule has 4 atom stereocenters. The van der Waals surface area contributed by atoms with E-state index in [1.165, 1.54) is 31.6 Å². The highest BCUT2D eigenvalue weighted by Crippen LogP contribution is 2.68. The van der Waals surface area contributed by atoms with E-state index >= 15 is 4.39 Å². The second-order valence-corrected chi connectivity index (χ2v) is 10.4. The van der Waals surface area contributed by atoms with Crippen molar-refractivity contribution in [2.45, 2.75) is 42.3 Å². The number of rotatable bonds is 6. The Bertz CT molecular complexity index is 1460. The molecule has 37 heavy (non-hydrogen) atoms. The van der Waals surface area contributed by atoms with Gasteiger partial charge in [-0.15, -0.1) is 6.42 Å². The van der Waals surface area contributed by atoms with E-state index in [1.807, 2.05) is 0 Å². The van der Waals surface area contributed by atoms with Gasteiger partial charge in [0.05, 0.1) is 27.7 Å². The van der Waals surface area contributed by atoms with Gasteiger partial charge in [-0.2, -0.15) is 17.6 Å². The Kier molecular flexibility index (Phi) is 5.99. The van der Waals surface area contributed by atoms with Crippen molar-refractivity contribution in [3.8, 4) is 18.2 Å². The summed E-state index contributed by atoms with van der Waals surface area (Å²) in [7, 11) is 0. The fourth-order valence-corrected chi connectivity index (χ4v) is 6.38. The number of thioether (sulfide) groups is 1. The number of pyridine rings is 2. The SMILES string of the molecule is C#CCOc1cnc2c(Cc3cnc(F)c([C@@]4(C)N=C(N)S[C@@]5([C@@H](O)C(F)(F)F)C[C@H]54)c3)nccc2n1. The van der Waals surface area contributed by atoms with Crippen molar-refractivity contribution in [3.05, 3.63) is 53.5 Å². The number of fused-ring (bicyclic) bond motifs is 2. The lowest BCUT2D eigenvalue weighted by molar-refractivity contribution is -0.207. The maximum Gasteiger partial charge on any atom is 0.415 e. The van der Waals surface area contributed by atoms with Gasteiger partial charge in [0.1, 0.15) is 5.52 Å². The van der Waals surface area contributed by atoms with Gasteiger partial charge in [0.2, 0.25) is 11.8 Å². The number of terminal acetylenes is 1. The number of amidine groups is 1. The van der Waals surface area contributed by atoms with Gasteiger partial charge in [-0.05, 0) is 31.0 Å². The van der Waals surface area contributed by atoms with Crippen LogP contribution in [0.5, 0.6) is 5.88 Å². The zero-order valence-corrected chi connectivity index (χ0v) is 20.1. The van der Waals surface area contributed by atoms with Gasteiger partial charge in [-0.25, -0.2) is 15.0 Å². The van der Waals surface area contributed by atoms with Crippen LogP contribution in [0.25, 0.3) is 11.0 Å². The largest absolute Gasteiger partial charge is 0.463 e. The average Bonchev–Trinajstić information content (AvgIpc) is 3.59. The molecule has 1 fully saturated rings. The third-order valence-corrected chi connectivity index (χ3v) is 8.03. The number of ether oxygens (including phenoxy) is 1. The third-order valence-electron chi connectivity index (χ3n) is 6.67. The lowest BCUT2D eigenvalue weighted by Gasteiger charge is -2.36. The molecule has 0 spiro atoms. The number of hydrogen-bond acceptors (Lipinski definition) is 9. The van der Waals surface area contributed by atoms with Gasteiger partial charge in [-0.3, -0.25) is 9.98 Å². The summed E-state index contributed by atoms with van der Waals surface area (Å²) in [5.41, 5.74) is 6.47. The van der Waals surface area contributed by atoms with E-state index in [-0.39, 0.29) is 36.1 Å². The Labute approximate surface area is 212 Å². The van der Waals surface area contributed by atoms with Crippen LogP contribution < -0.4 is 10.5 Å². The van der Waals surface area contributed by atoms with Crippen molar-refractivity contribution in [1.29, 1.82) is 0 Å². The predicted molar refractivity (Wildman–Crippen MR) is 128 cm³/mol. The highest BCUT2D eigenvalue weighted by molar-refractivity contribution is 8.15. The van der Waals surface area contributed by atoms with Gasteiger partial charge in [0.25, 0.3) is 0 Å². The highest BCUT2D eigenvalue weighted by atomic mass is 32.2. The Balaban J connectivity index is 1.49. The van der Waals surface area contributed by atoms with Crippen LogP contribution >= 0.6 is 11.8 Å². The molecule has 0 radical (unpaired) electrons. The van der Waals surface area contributed by atoms with E-state index in [4.69, 9.17) is 16.9 Å². The smallest absolute Gasteiger partial charge is 0.415 e. The number of hydrogen-bond donors (Lipinski definition) is 2. The predicted octanol–water partition coefficient (Wildman–Crippen LogP) is 3.12. The lowest BCUT2D eigenvalue weighted by atomic mass is 9.85. The molecule has 192 valence electrons. The minimum absolute atomic E-state index is 0.00853. The Morgan fingerprint density at radius 2 is 2.11 bits per heavy atom. The van der Waals surface area contributed by atoms with Gasteiger partial charge in [-0.1, -0.05) is 17.7 Å². The first-order valence-electron chi connectivity index (χ1n) is 11.1. The molecule has 4 heterocycles. The lowest BCUT2D eigenvalue weighted by Crippen LogP contribution is -2.47. The molecule has 1 aliphatic heterocycles. The highest BCUT2D eigenvalue weighted by Gasteiger charge is 2.74. The van der Waals surface area contributed by atoms with Crippen LogP contribution in [-0.4, -0.2) is 53.8 Å². The van der Waals surface area contributed by atoms with E-state index in [2.05, 4.69) is 30.8 Å². The molecule has 3 N–H and O–H groups in total. The van der Waals surface area contributed by atoms with E-state index in [9.17, 15) is 18.3 Å². The van der Waals surface area contributed by atoms with Gasteiger partial charge >= 0.3 is 6.18 Å². The summed E-state index contributed by atoms with van der Waals surface area (Å²) in [4.78, 5) is 21.3. The van der Waals surface area contributed by atoms with Crippen molar-refractivity contribution in [2.24, 2.45) is 16.6 Å². The fourth-order valence-electron chi connectivity index (χ4n) is 4.89. The molecule has 0 amide bonds. The molecular formula is C24H20F4N6O2S. The number of nitrogens with two attached hydrogens (primary N) is 1. The number of aliphatic imine (C=N–C) groups is 1. The molecule has 2 aliphatic rings. The fraction of sp³-hybridized carbons (Fsp3) is 0.375. The van der Waals surface area contributed by atoms with Crippen molar-refractivity contribution in [1.82, 2.24) is 19.9 Å². The molecule has 5 rings (SSSR count). The van der Waals surface area contributed by atoms with Gasteiger partial charge < -0.3 is 15.6 Å². The molecule has 3 aromatic rings. The molecule has 0 saturated heterocycles. The quantitative estimate of drug-likeness (QED) is 0.282. The van der Waals surface area contributed by atoms with Crippen molar-refractivity contribution in [3.63, 3.8) is 0 Å². The third kappa shape index (κ3) is 4.34. The van der Waals surface area contributed by atoms with E-state index < -0.39 is 34.4 Å². The maximum atomic E-state index is 15.0. The van der Waals surface area contributed by atoms with Crippen LogP contribution in [0.15, 0.2) is 35.7 Å². The Morgan fingerprint density at radius 3 is 2.84 bits per heavy atom. The first-order valence-corrected chi connectivity index (χ1v) is 11.9. The van der Waals surface area contributed by atoms with Crippen molar-refractivity contribution in [2.75, 3.05) is 6.61 Å². The average molecular weight is 533 g/mol. The Hall–Kier alpha value is -3.50. The number of aliphatic hydroxyl groups excluding tert-OH is 1.